The Morgan fingerprint density at radius 1 is 1.31 bits per heavy atom. The second-order valence-corrected chi connectivity index (χ2v) is 8.41. The molecule has 1 N–H and O–H groups in total. The Labute approximate surface area is 173 Å². The molecular weight excluding hydrogens is 373 g/mol. The van der Waals surface area contributed by atoms with Crippen LogP contribution in [0.5, 0.6) is 5.88 Å². The molecule has 1 atom stereocenters. The van der Waals surface area contributed by atoms with Gasteiger partial charge < -0.3 is 19.7 Å². The summed E-state index contributed by atoms with van der Waals surface area (Å²) in [6, 6.07) is 3.57. The van der Waals surface area contributed by atoms with Crippen LogP contribution in [-0.4, -0.2) is 56.5 Å². The number of halogens is 1. The number of amides is 1. The summed E-state index contributed by atoms with van der Waals surface area (Å²) in [5.74, 6) is 1.14. The summed E-state index contributed by atoms with van der Waals surface area (Å²) in [5, 5.41) is 3.01. The van der Waals surface area contributed by atoms with E-state index in [9.17, 15) is 9.18 Å². The van der Waals surface area contributed by atoms with Crippen molar-refractivity contribution in [1.29, 1.82) is 0 Å². The van der Waals surface area contributed by atoms with E-state index in [1.165, 1.54) is 25.7 Å². The molecule has 2 heterocycles. The fourth-order valence-electron chi connectivity index (χ4n) is 3.36. The van der Waals surface area contributed by atoms with Crippen molar-refractivity contribution in [3.63, 3.8) is 0 Å². The van der Waals surface area contributed by atoms with Crippen LogP contribution in [0.4, 0.5) is 10.1 Å². The van der Waals surface area contributed by atoms with Crippen molar-refractivity contribution in [2.45, 2.75) is 52.0 Å². The minimum absolute atomic E-state index is 0.155. The van der Waals surface area contributed by atoms with Crippen LogP contribution in [0, 0.1) is 11.8 Å². The summed E-state index contributed by atoms with van der Waals surface area (Å²) in [5.41, 5.74) is 1.34. The number of ether oxygens (including phenoxy) is 2. The Bertz CT molecular complexity index is 661. The standard InChI is InChI=1S/C22H34FN3O3/c1-16(2)19(15-28-13-5-10-23)24-21(27)18-8-9-20(26-11-3-4-12-26)22(25-18)29-14-17-6-7-17/h8-9,16-17,19H,3-7,10-15H2,1-2H3,(H,24,27)/t19-/m1/s1. The van der Waals surface area contributed by atoms with Crippen molar-refractivity contribution in [1.82, 2.24) is 10.3 Å². The van der Waals surface area contributed by atoms with Crippen LogP contribution >= 0.6 is 0 Å². The molecule has 1 saturated heterocycles. The van der Waals surface area contributed by atoms with Crippen LogP contribution < -0.4 is 15.0 Å². The number of carbonyl (C=O) groups excluding carboxylic acids is 1. The van der Waals surface area contributed by atoms with Gasteiger partial charge in [-0.3, -0.25) is 9.18 Å². The van der Waals surface area contributed by atoms with E-state index in [1.807, 2.05) is 19.9 Å². The molecule has 1 aliphatic carbocycles. The Kier molecular flexibility index (Phi) is 8.09. The van der Waals surface area contributed by atoms with Crippen molar-refractivity contribution < 1.29 is 18.7 Å². The van der Waals surface area contributed by atoms with Gasteiger partial charge >= 0.3 is 0 Å². The maximum atomic E-state index is 12.8. The Balaban J connectivity index is 1.66. The van der Waals surface area contributed by atoms with Gasteiger partial charge in [0.2, 0.25) is 5.88 Å². The molecule has 1 amide bonds. The van der Waals surface area contributed by atoms with E-state index >= 15 is 0 Å². The lowest BCUT2D eigenvalue weighted by atomic mass is 10.1. The van der Waals surface area contributed by atoms with Crippen LogP contribution in [0.2, 0.25) is 0 Å². The van der Waals surface area contributed by atoms with E-state index < -0.39 is 6.67 Å². The molecule has 1 aromatic heterocycles. The maximum absolute atomic E-state index is 12.8. The number of pyridine rings is 1. The zero-order valence-electron chi connectivity index (χ0n) is 17.7. The highest BCUT2D eigenvalue weighted by Gasteiger charge is 2.25. The molecule has 2 aliphatic rings. The van der Waals surface area contributed by atoms with Gasteiger partial charge in [0.25, 0.3) is 5.91 Å². The number of hydrogen-bond donors (Lipinski definition) is 1. The third kappa shape index (κ3) is 6.56. The summed E-state index contributed by atoms with van der Waals surface area (Å²) >= 11 is 0. The molecule has 162 valence electrons. The summed E-state index contributed by atoms with van der Waals surface area (Å²) in [7, 11) is 0. The number of nitrogens with one attached hydrogen (secondary N) is 1. The molecule has 2 fully saturated rings. The first-order chi connectivity index (χ1) is 14.1. The molecule has 1 aliphatic heterocycles. The van der Waals surface area contributed by atoms with Gasteiger partial charge in [-0.2, -0.15) is 0 Å². The highest BCUT2D eigenvalue weighted by molar-refractivity contribution is 5.93. The lowest BCUT2D eigenvalue weighted by Crippen LogP contribution is -2.42. The van der Waals surface area contributed by atoms with Gasteiger partial charge in [-0.05, 0) is 56.1 Å². The molecule has 0 bridgehead atoms. The van der Waals surface area contributed by atoms with Crippen molar-refractivity contribution in [3.8, 4) is 5.88 Å². The fourth-order valence-corrected chi connectivity index (χ4v) is 3.36. The van der Waals surface area contributed by atoms with Gasteiger partial charge in [0, 0.05) is 19.7 Å². The van der Waals surface area contributed by atoms with Crippen molar-refractivity contribution in [3.05, 3.63) is 17.8 Å². The Hall–Kier alpha value is -1.89. The lowest BCUT2D eigenvalue weighted by Gasteiger charge is -2.23. The predicted molar refractivity (Wildman–Crippen MR) is 111 cm³/mol. The maximum Gasteiger partial charge on any atom is 0.270 e. The van der Waals surface area contributed by atoms with Crippen molar-refractivity contribution >= 4 is 11.6 Å². The average Bonchev–Trinajstić information content (AvgIpc) is 3.39. The molecular formula is C22H34FN3O3. The predicted octanol–water partition coefficient (Wildman–Crippen LogP) is 3.60. The van der Waals surface area contributed by atoms with E-state index in [2.05, 4.69) is 15.2 Å². The minimum Gasteiger partial charge on any atom is -0.476 e. The van der Waals surface area contributed by atoms with E-state index in [0.29, 0.717) is 43.7 Å². The molecule has 0 aromatic carbocycles. The molecule has 0 unspecified atom stereocenters. The van der Waals surface area contributed by atoms with Gasteiger partial charge in [-0.15, -0.1) is 0 Å². The number of alkyl halides is 1. The van der Waals surface area contributed by atoms with Crippen LogP contribution in [0.15, 0.2) is 12.1 Å². The molecule has 1 saturated carbocycles. The Morgan fingerprint density at radius 3 is 2.72 bits per heavy atom. The van der Waals surface area contributed by atoms with Crippen LogP contribution in [0.25, 0.3) is 0 Å². The summed E-state index contributed by atoms with van der Waals surface area (Å²) in [6.07, 6.45) is 5.13. The second-order valence-electron chi connectivity index (χ2n) is 8.41. The largest absolute Gasteiger partial charge is 0.476 e. The van der Waals surface area contributed by atoms with Crippen LogP contribution in [0.3, 0.4) is 0 Å². The van der Waals surface area contributed by atoms with E-state index in [4.69, 9.17) is 9.47 Å². The first-order valence-electron chi connectivity index (χ1n) is 10.9. The fraction of sp³-hybridized carbons (Fsp3) is 0.727. The molecule has 7 heteroatoms. The van der Waals surface area contributed by atoms with Gasteiger partial charge in [0.1, 0.15) is 5.69 Å². The first kappa shape index (κ1) is 21.8. The number of anilines is 1. The SMILES string of the molecule is CC(C)[C@@H](COCCCF)NC(=O)c1ccc(N2CCCC2)c(OCC2CC2)n1. The zero-order chi connectivity index (χ0) is 20.6. The molecule has 3 rings (SSSR count). The summed E-state index contributed by atoms with van der Waals surface area (Å²) < 4.78 is 23.8. The second kappa shape index (κ2) is 10.8. The third-order valence-electron chi connectivity index (χ3n) is 5.51. The summed E-state index contributed by atoms with van der Waals surface area (Å²) in [6.45, 7) is 7.04. The average molecular weight is 408 g/mol. The number of rotatable bonds is 12. The summed E-state index contributed by atoms with van der Waals surface area (Å²) in [4.78, 5) is 19.7. The first-order valence-corrected chi connectivity index (χ1v) is 10.9. The Morgan fingerprint density at radius 2 is 2.07 bits per heavy atom. The van der Waals surface area contributed by atoms with E-state index in [-0.39, 0.29) is 17.9 Å². The molecule has 6 nitrogen and oxygen atoms in total. The molecule has 1 aromatic rings. The van der Waals surface area contributed by atoms with E-state index in [0.717, 1.165) is 18.8 Å². The quantitative estimate of drug-likeness (QED) is 0.537. The molecule has 29 heavy (non-hydrogen) atoms. The minimum atomic E-state index is -0.393. The van der Waals surface area contributed by atoms with E-state index in [1.54, 1.807) is 6.07 Å². The van der Waals surface area contributed by atoms with Crippen molar-refractivity contribution in [2.24, 2.45) is 11.8 Å². The van der Waals surface area contributed by atoms with Gasteiger partial charge in [-0.1, -0.05) is 13.8 Å². The van der Waals surface area contributed by atoms with Gasteiger partial charge in [0.05, 0.1) is 31.6 Å². The number of hydrogen-bond acceptors (Lipinski definition) is 5. The highest BCUT2D eigenvalue weighted by Crippen LogP contribution is 2.33. The monoisotopic (exact) mass is 407 g/mol. The topological polar surface area (TPSA) is 63.7 Å². The van der Waals surface area contributed by atoms with Crippen molar-refractivity contribution in [2.75, 3.05) is 44.5 Å². The number of nitrogens with zero attached hydrogens (tertiary/aromatic N) is 2. The molecule has 0 spiro atoms. The number of aromatic nitrogens is 1. The normalized spacial score (nSPS) is 17.6. The third-order valence-corrected chi connectivity index (χ3v) is 5.51. The smallest absolute Gasteiger partial charge is 0.270 e. The molecule has 0 radical (unpaired) electrons. The zero-order valence-corrected chi connectivity index (χ0v) is 17.7. The van der Waals surface area contributed by atoms with Crippen LogP contribution in [-0.2, 0) is 4.74 Å². The van der Waals surface area contributed by atoms with Gasteiger partial charge in [0.15, 0.2) is 0 Å². The van der Waals surface area contributed by atoms with Gasteiger partial charge in [-0.25, -0.2) is 4.98 Å². The highest BCUT2D eigenvalue weighted by atomic mass is 19.1. The lowest BCUT2D eigenvalue weighted by molar-refractivity contribution is 0.0751. The van der Waals surface area contributed by atoms with Crippen LogP contribution in [0.1, 0.15) is 56.4 Å². The number of carbonyl (C=O) groups is 1.